The van der Waals surface area contributed by atoms with E-state index in [0.717, 1.165) is 29.3 Å². The summed E-state index contributed by atoms with van der Waals surface area (Å²) < 4.78 is 0. The molecule has 0 atom stereocenters. The monoisotopic (exact) mass is 285 g/mol. The molecule has 2 N–H and O–H groups in total. The van der Waals surface area contributed by atoms with Crippen LogP contribution in [0.5, 0.6) is 0 Å². The fourth-order valence-corrected chi connectivity index (χ4v) is 2.40. The van der Waals surface area contributed by atoms with Crippen molar-refractivity contribution in [2.24, 2.45) is 0 Å². The van der Waals surface area contributed by atoms with E-state index < -0.39 is 0 Å². The van der Waals surface area contributed by atoms with Gasteiger partial charge < -0.3 is 10.6 Å². The number of nitrogens with one attached hydrogen (secondary N) is 2. The molecule has 0 fully saturated rings. The van der Waals surface area contributed by atoms with Crippen molar-refractivity contribution < 1.29 is 0 Å². The molecule has 2 rings (SSSR count). The highest BCUT2D eigenvalue weighted by atomic mass is 15.1. The predicted molar refractivity (Wildman–Crippen MR) is 86.6 cm³/mol. The summed E-state index contributed by atoms with van der Waals surface area (Å²) in [5.41, 5.74) is 3.44. The lowest BCUT2D eigenvalue weighted by atomic mass is 10.0. The maximum absolute atomic E-state index is 4.46. The highest BCUT2D eigenvalue weighted by molar-refractivity contribution is 5.58. The average molecular weight is 285 g/mol. The predicted octanol–water partition coefficient (Wildman–Crippen LogP) is 3.21. The quantitative estimate of drug-likeness (QED) is 0.853. The summed E-state index contributed by atoms with van der Waals surface area (Å²) in [7, 11) is 1.88. The van der Waals surface area contributed by atoms with Crippen LogP contribution in [0.4, 0.5) is 11.6 Å². The van der Waals surface area contributed by atoms with E-state index in [4.69, 9.17) is 0 Å². The van der Waals surface area contributed by atoms with Crippen molar-refractivity contribution in [1.82, 2.24) is 15.0 Å². The Hall–Kier alpha value is -2.17. The molecule has 2 aromatic rings. The van der Waals surface area contributed by atoms with E-state index in [1.807, 2.05) is 19.3 Å². The second kappa shape index (κ2) is 7.02. The van der Waals surface area contributed by atoms with E-state index in [1.54, 1.807) is 6.33 Å². The highest BCUT2D eigenvalue weighted by Gasteiger charge is 2.14. The molecular weight excluding hydrogens is 262 g/mol. The molecule has 0 amide bonds. The molecule has 0 aromatic carbocycles. The molecule has 0 radical (unpaired) electrons. The van der Waals surface area contributed by atoms with Crippen LogP contribution in [-0.4, -0.2) is 22.0 Å². The van der Waals surface area contributed by atoms with Gasteiger partial charge >= 0.3 is 0 Å². The number of aromatic nitrogens is 3. The number of hydrogen-bond donors (Lipinski definition) is 2. The topological polar surface area (TPSA) is 62.7 Å². The fraction of sp³-hybridized carbons (Fsp3) is 0.438. The van der Waals surface area contributed by atoms with Crippen LogP contribution in [0, 0.1) is 0 Å². The normalized spacial score (nSPS) is 10.7. The van der Waals surface area contributed by atoms with E-state index in [2.05, 4.69) is 52.4 Å². The third-order valence-corrected chi connectivity index (χ3v) is 3.49. The molecule has 0 bridgehead atoms. The third kappa shape index (κ3) is 3.48. The second-order valence-electron chi connectivity index (χ2n) is 5.21. The van der Waals surface area contributed by atoms with Crippen LogP contribution in [0.25, 0.3) is 0 Å². The van der Waals surface area contributed by atoms with Crippen LogP contribution in [-0.2, 0) is 13.0 Å². The first-order valence-corrected chi connectivity index (χ1v) is 7.36. The van der Waals surface area contributed by atoms with Crippen LogP contribution >= 0.6 is 0 Å². The van der Waals surface area contributed by atoms with Gasteiger partial charge in [-0.2, -0.15) is 0 Å². The molecule has 2 heterocycles. The number of nitrogens with zero attached hydrogens (tertiary/aromatic N) is 3. The zero-order chi connectivity index (χ0) is 15.2. The van der Waals surface area contributed by atoms with Crippen LogP contribution in [0.15, 0.2) is 24.7 Å². The van der Waals surface area contributed by atoms with Gasteiger partial charge in [0.1, 0.15) is 18.0 Å². The largest absolute Gasteiger partial charge is 0.373 e. The summed E-state index contributed by atoms with van der Waals surface area (Å²) in [5, 5.41) is 6.54. The van der Waals surface area contributed by atoms with E-state index in [0.29, 0.717) is 12.5 Å². The Morgan fingerprint density at radius 1 is 1.14 bits per heavy atom. The molecule has 0 saturated carbocycles. The Balaban J connectivity index is 2.24. The summed E-state index contributed by atoms with van der Waals surface area (Å²) in [6.45, 7) is 7.10. The van der Waals surface area contributed by atoms with Gasteiger partial charge in [0.05, 0.1) is 12.2 Å². The van der Waals surface area contributed by atoms with Gasteiger partial charge in [0.2, 0.25) is 0 Å². The van der Waals surface area contributed by atoms with Gasteiger partial charge in [0.15, 0.2) is 0 Å². The zero-order valence-electron chi connectivity index (χ0n) is 13.1. The van der Waals surface area contributed by atoms with Crippen molar-refractivity contribution in [2.75, 3.05) is 17.7 Å². The average Bonchev–Trinajstić information content (AvgIpc) is 2.52. The van der Waals surface area contributed by atoms with Gasteiger partial charge in [0.25, 0.3) is 0 Å². The molecule has 5 heteroatoms. The summed E-state index contributed by atoms with van der Waals surface area (Å²) >= 11 is 0. The Bertz CT molecular complexity index is 595. The van der Waals surface area contributed by atoms with Crippen molar-refractivity contribution in [3.63, 3.8) is 0 Å². The Morgan fingerprint density at radius 2 is 1.90 bits per heavy atom. The SMILES string of the molecule is CCc1cccnc1CNc1ncnc(NC)c1C(C)C. The maximum Gasteiger partial charge on any atom is 0.135 e. The van der Waals surface area contributed by atoms with E-state index in [-0.39, 0.29) is 0 Å². The molecule has 0 spiro atoms. The van der Waals surface area contributed by atoms with Crippen LogP contribution in [0.1, 0.15) is 43.5 Å². The van der Waals surface area contributed by atoms with Crippen LogP contribution in [0.3, 0.4) is 0 Å². The van der Waals surface area contributed by atoms with Crippen molar-refractivity contribution in [1.29, 1.82) is 0 Å². The molecule has 0 aliphatic carbocycles. The summed E-state index contributed by atoms with van der Waals surface area (Å²) in [6, 6.07) is 4.10. The maximum atomic E-state index is 4.46. The number of rotatable bonds is 6. The first-order valence-electron chi connectivity index (χ1n) is 7.36. The molecular formula is C16H23N5. The van der Waals surface area contributed by atoms with Crippen molar-refractivity contribution >= 4 is 11.6 Å². The van der Waals surface area contributed by atoms with E-state index in [1.165, 1.54) is 5.56 Å². The van der Waals surface area contributed by atoms with E-state index >= 15 is 0 Å². The first kappa shape index (κ1) is 15.2. The third-order valence-electron chi connectivity index (χ3n) is 3.49. The van der Waals surface area contributed by atoms with Crippen molar-refractivity contribution in [2.45, 2.75) is 39.7 Å². The molecule has 2 aromatic heterocycles. The minimum absolute atomic E-state index is 0.338. The number of anilines is 2. The zero-order valence-corrected chi connectivity index (χ0v) is 13.1. The minimum Gasteiger partial charge on any atom is -0.373 e. The first-order chi connectivity index (χ1) is 10.2. The van der Waals surface area contributed by atoms with Gasteiger partial charge in [-0.1, -0.05) is 26.8 Å². The molecule has 21 heavy (non-hydrogen) atoms. The molecule has 0 unspecified atom stereocenters. The fourth-order valence-electron chi connectivity index (χ4n) is 2.40. The molecule has 5 nitrogen and oxygen atoms in total. The standard InChI is InChI=1S/C16H23N5/c1-5-12-7-6-8-18-13(12)9-19-16-14(11(2)3)15(17-4)20-10-21-16/h6-8,10-11H,5,9H2,1-4H3,(H2,17,19,20,21). The lowest BCUT2D eigenvalue weighted by Crippen LogP contribution is -2.11. The van der Waals surface area contributed by atoms with Gasteiger partial charge in [-0.25, -0.2) is 9.97 Å². The lowest BCUT2D eigenvalue weighted by molar-refractivity contribution is 0.844. The van der Waals surface area contributed by atoms with Crippen LogP contribution in [0.2, 0.25) is 0 Å². The minimum atomic E-state index is 0.338. The van der Waals surface area contributed by atoms with Gasteiger partial charge in [-0.05, 0) is 24.0 Å². The second-order valence-corrected chi connectivity index (χ2v) is 5.21. The summed E-state index contributed by atoms with van der Waals surface area (Å²) in [5.74, 6) is 2.09. The molecule has 0 aliphatic rings. The molecule has 0 saturated heterocycles. The van der Waals surface area contributed by atoms with Crippen molar-refractivity contribution in [3.8, 4) is 0 Å². The van der Waals surface area contributed by atoms with E-state index in [9.17, 15) is 0 Å². The van der Waals surface area contributed by atoms with Gasteiger partial charge in [-0.15, -0.1) is 0 Å². The summed E-state index contributed by atoms with van der Waals surface area (Å²) in [4.78, 5) is 13.1. The number of aryl methyl sites for hydroxylation is 1. The van der Waals surface area contributed by atoms with Gasteiger partial charge in [-0.3, -0.25) is 4.98 Å². The van der Waals surface area contributed by atoms with Crippen molar-refractivity contribution in [3.05, 3.63) is 41.5 Å². The number of hydrogen-bond acceptors (Lipinski definition) is 5. The number of pyridine rings is 1. The highest BCUT2D eigenvalue weighted by Crippen LogP contribution is 2.28. The molecule has 112 valence electrons. The van der Waals surface area contributed by atoms with Gasteiger partial charge in [0, 0.05) is 18.8 Å². The Morgan fingerprint density at radius 3 is 2.57 bits per heavy atom. The Labute approximate surface area is 126 Å². The smallest absolute Gasteiger partial charge is 0.135 e. The van der Waals surface area contributed by atoms with Crippen LogP contribution < -0.4 is 10.6 Å². The molecule has 0 aliphatic heterocycles. The Kier molecular flexibility index (Phi) is 5.09. The summed E-state index contributed by atoms with van der Waals surface area (Å²) in [6.07, 6.45) is 4.39. The lowest BCUT2D eigenvalue weighted by Gasteiger charge is -2.17.